The number of hydroxylamine groups is 1. The van der Waals surface area contributed by atoms with Crippen molar-refractivity contribution in [2.45, 2.75) is 43.8 Å². The molecule has 2 aliphatic heterocycles. The van der Waals surface area contributed by atoms with Gasteiger partial charge in [-0.2, -0.15) is 0 Å². The number of hydrogen-bond acceptors (Lipinski definition) is 9. The first kappa shape index (κ1) is 16.6. The summed E-state index contributed by atoms with van der Waals surface area (Å²) in [7, 11) is 0. The minimum Gasteiger partial charge on any atom is -0.394 e. The van der Waals surface area contributed by atoms with Gasteiger partial charge in [0.2, 0.25) is 0 Å². The zero-order valence-electron chi connectivity index (χ0n) is 13.6. The summed E-state index contributed by atoms with van der Waals surface area (Å²) in [4.78, 5) is 18.7. The lowest BCUT2D eigenvalue weighted by Crippen LogP contribution is -2.33. The molecule has 0 spiro atoms. The Morgan fingerprint density at radius 3 is 2.80 bits per heavy atom. The molecule has 4 rings (SSSR count). The van der Waals surface area contributed by atoms with E-state index in [4.69, 9.17) is 9.57 Å². The third kappa shape index (κ3) is 2.85. The summed E-state index contributed by atoms with van der Waals surface area (Å²) in [5.41, 5.74) is 0.995. The van der Waals surface area contributed by atoms with Crippen LogP contribution in [0.3, 0.4) is 0 Å². The largest absolute Gasteiger partial charge is 0.394 e. The van der Waals surface area contributed by atoms with Crippen LogP contribution in [-0.4, -0.2) is 72.9 Å². The van der Waals surface area contributed by atoms with E-state index in [1.807, 2.05) is 0 Å². The molecule has 3 N–H and O–H groups in total. The van der Waals surface area contributed by atoms with Crippen LogP contribution in [0.25, 0.3) is 11.2 Å². The van der Waals surface area contributed by atoms with Crippen LogP contribution in [0.1, 0.15) is 25.5 Å². The van der Waals surface area contributed by atoms with Gasteiger partial charge in [0.1, 0.15) is 24.6 Å². The highest BCUT2D eigenvalue weighted by Gasteiger charge is 2.44. The molecule has 10 nitrogen and oxygen atoms in total. The minimum atomic E-state index is -1.19. The predicted octanol–water partition coefficient (Wildman–Crippen LogP) is -0.640. The van der Waals surface area contributed by atoms with E-state index in [-0.39, 0.29) is 6.61 Å². The number of aromatic nitrogens is 4. The second-order valence-corrected chi connectivity index (χ2v) is 6.25. The highest BCUT2D eigenvalue weighted by Crippen LogP contribution is 2.32. The van der Waals surface area contributed by atoms with Crippen molar-refractivity contribution in [1.82, 2.24) is 19.5 Å². The average Bonchev–Trinajstić information content (AvgIpc) is 3.04. The lowest BCUT2D eigenvalue weighted by molar-refractivity contribution is -0.0511. The zero-order chi connectivity index (χ0) is 17.4. The number of aliphatic hydroxyl groups is 3. The minimum absolute atomic E-state index is 0.386. The molecule has 0 amide bonds. The molecule has 0 aliphatic carbocycles. The average molecular weight is 351 g/mol. The van der Waals surface area contributed by atoms with Crippen LogP contribution in [0.15, 0.2) is 12.7 Å². The molecule has 2 saturated heterocycles. The molecular weight excluding hydrogens is 330 g/mol. The second-order valence-electron chi connectivity index (χ2n) is 6.25. The molecule has 0 saturated carbocycles. The molecule has 0 unspecified atom stereocenters. The summed E-state index contributed by atoms with van der Waals surface area (Å²) in [6, 6.07) is 0. The third-order valence-corrected chi connectivity index (χ3v) is 4.62. The molecule has 0 radical (unpaired) electrons. The highest BCUT2D eigenvalue weighted by atomic mass is 16.7. The molecule has 136 valence electrons. The predicted molar refractivity (Wildman–Crippen MR) is 85.5 cm³/mol. The molecule has 2 fully saturated rings. The van der Waals surface area contributed by atoms with Crippen LogP contribution < -0.4 is 5.06 Å². The number of nitrogens with zero attached hydrogens (tertiary/aromatic N) is 5. The number of anilines is 1. The Bertz CT molecular complexity index is 732. The van der Waals surface area contributed by atoms with Gasteiger partial charge in [-0.25, -0.2) is 20.0 Å². The van der Waals surface area contributed by atoms with Crippen LogP contribution in [0.4, 0.5) is 5.82 Å². The Morgan fingerprint density at radius 2 is 2.00 bits per heavy atom. The van der Waals surface area contributed by atoms with Crippen molar-refractivity contribution in [3.05, 3.63) is 12.7 Å². The Kier molecular flexibility index (Phi) is 4.52. The van der Waals surface area contributed by atoms with Gasteiger partial charge in [-0.15, -0.1) is 0 Å². The van der Waals surface area contributed by atoms with E-state index in [1.165, 1.54) is 12.7 Å². The number of aliphatic hydroxyl groups excluding tert-OH is 3. The summed E-state index contributed by atoms with van der Waals surface area (Å²) < 4.78 is 7.10. The number of rotatable bonds is 3. The Hall–Kier alpha value is -1.85. The van der Waals surface area contributed by atoms with Crippen LogP contribution in [0.5, 0.6) is 0 Å². The summed E-state index contributed by atoms with van der Waals surface area (Å²) in [5, 5.41) is 31.2. The fourth-order valence-electron chi connectivity index (χ4n) is 3.26. The molecule has 10 heteroatoms. The molecule has 4 heterocycles. The van der Waals surface area contributed by atoms with Gasteiger partial charge in [0.25, 0.3) is 0 Å². The first-order valence-electron chi connectivity index (χ1n) is 8.41. The quantitative estimate of drug-likeness (QED) is 0.662. The standard InChI is InChI=1S/C15H21N5O5/c21-6-9-11(22)12(23)15(25-9)19-8-18-10-13(19)16-7-17-14(10)20-4-2-1-3-5-24-20/h7-9,11-12,15,21-23H,1-6H2/t9-,11-,12-,15-/m1/s1. The number of imidazole rings is 1. The van der Waals surface area contributed by atoms with Crippen molar-refractivity contribution in [2.75, 3.05) is 24.8 Å². The van der Waals surface area contributed by atoms with Crippen molar-refractivity contribution in [3.8, 4) is 0 Å². The van der Waals surface area contributed by atoms with E-state index in [0.717, 1.165) is 19.3 Å². The summed E-state index contributed by atoms with van der Waals surface area (Å²) in [6.45, 7) is 0.955. The van der Waals surface area contributed by atoms with Crippen LogP contribution in [0.2, 0.25) is 0 Å². The van der Waals surface area contributed by atoms with E-state index < -0.39 is 24.5 Å². The van der Waals surface area contributed by atoms with Crippen molar-refractivity contribution in [2.24, 2.45) is 0 Å². The molecule has 0 aromatic carbocycles. The Balaban J connectivity index is 1.69. The SMILES string of the molecule is OC[C@H]1O[C@@H](n2cnc3c(N4CCCCCO4)ncnc32)[C@H](O)[C@@H]1O. The van der Waals surface area contributed by atoms with Crippen LogP contribution >= 0.6 is 0 Å². The fraction of sp³-hybridized carbons (Fsp3) is 0.667. The fourth-order valence-corrected chi connectivity index (χ4v) is 3.26. The first-order chi connectivity index (χ1) is 12.2. The van der Waals surface area contributed by atoms with Crippen molar-refractivity contribution >= 4 is 17.0 Å². The number of hydrogen-bond donors (Lipinski definition) is 3. The lowest BCUT2D eigenvalue weighted by Gasteiger charge is -2.20. The van der Waals surface area contributed by atoms with Gasteiger partial charge in [-0.3, -0.25) is 9.40 Å². The van der Waals surface area contributed by atoms with Crippen LogP contribution in [-0.2, 0) is 9.57 Å². The Morgan fingerprint density at radius 1 is 1.12 bits per heavy atom. The molecular formula is C15H21N5O5. The molecule has 25 heavy (non-hydrogen) atoms. The maximum atomic E-state index is 10.2. The van der Waals surface area contributed by atoms with Gasteiger partial charge in [0.15, 0.2) is 23.2 Å². The number of fused-ring (bicyclic) bond motifs is 1. The zero-order valence-corrected chi connectivity index (χ0v) is 13.6. The maximum absolute atomic E-state index is 10.2. The van der Waals surface area contributed by atoms with Gasteiger partial charge in [0, 0.05) is 6.54 Å². The lowest BCUT2D eigenvalue weighted by atomic mass is 10.1. The normalized spacial score (nSPS) is 30.8. The van der Waals surface area contributed by atoms with E-state index in [1.54, 1.807) is 9.63 Å². The van der Waals surface area contributed by atoms with Crippen LogP contribution in [0, 0.1) is 0 Å². The summed E-state index contributed by atoms with van der Waals surface area (Å²) in [6.07, 6.45) is 1.89. The number of ether oxygens (including phenoxy) is 1. The second kappa shape index (κ2) is 6.81. The molecule has 4 atom stereocenters. The summed E-state index contributed by atoms with van der Waals surface area (Å²) >= 11 is 0. The topological polar surface area (TPSA) is 126 Å². The van der Waals surface area contributed by atoms with E-state index >= 15 is 0 Å². The smallest absolute Gasteiger partial charge is 0.184 e. The van der Waals surface area contributed by atoms with Gasteiger partial charge in [-0.1, -0.05) is 0 Å². The molecule has 0 bridgehead atoms. The van der Waals surface area contributed by atoms with Crippen molar-refractivity contribution < 1.29 is 24.9 Å². The van der Waals surface area contributed by atoms with E-state index in [9.17, 15) is 15.3 Å². The summed E-state index contributed by atoms with van der Waals surface area (Å²) in [5.74, 6) is 0.567. The van der Waals surface area contributed by atoms with Crippen molar-refractivity contribution in [1.29, 1.82) is 0 Å². The molecule has 2 aromatic heterocycles. The van der Waals surface area contributed by atoms with Gasteiger partial charge >= 0.3 is 0 Å². The molecule has 2 aromatic rings. The van der Waals surface area contributed by atoms with Gasteiger partial charge in [-0.05, 0) is 19.3 Å². The maximum Gasteiger partial charge on any atom is 0.184 e. The highest BCUT2D eigenvalue weighted by molar-refractivity contribution is 5.82. The Labute approximate surface area is 143 Å². The monoisotopic (exact) mass is 351 g/mol. The van der Waals surface area contributed by atoms with Gasteiger partial charge < -0.3 is 20.1 Å². The van der Waals surface area contributed by atoms with Crippen molar-refractivity contribution in [3.63, 3.8) is 0 Å². The van der Waals surface area contributed by atoms with E-state index in [2.05, 4.69) is 15.0 Å². The third-order valence-electron chi connectivity index (χ3n) is 4.62. The van der Waals surface area contributed by atoms with Gasteiger partial charge in [0.05, 0.1) is 19.5 Å². The molecule has 2 aliphatic rings. The first-order valence-corrected chi connectivity index (χ1v) is 8.41. The van der Waals surface area contributed by atoms with E-state index in [0.29, 0.717) is 30.1 Å².